The predicted molar refractivity (Wildman–Crippen MR) is 231 cm³/mol. The molecule has 6 aromatic rings. The summed E-state index contributed by atoms with van der Waals surface area (Å²) in [6.07, 6.45) is 12.3. The third-order valence-electron chi connectivity index (χ3n) is 9.07. The summed E-state index contributed by atoms with van der Waals surface area (Å²) in [7, 11) is 0. The van der Waals surface area contributed by atoms with Crippen molar-refractivity contribution in [1.82, 2.24) is 9.97 Å². The summed E-state index contributed by atoms with van der Waals surface area (Å²) in [4.78, 5) is 27.9. The van der Waals surface area contributed by atoms with Crippen LogP contribution >= 0.6 is 34.0 Å². The molecular weight excluding hydrogens is 737 g/mol. The molecule has 6 rings (SSSR count). The molecule has 0 aliphatic rings. The molecule has 0 aliphatic carbocycles. The second-order valence-corrected chi connectivity index (χ2v) is 16.3. The van der Waals surface area contributed by atoms with Gasteiger partial charge >= 0.3 is 5.97 Å². The highest BCUT2D eigenvalue weighted by molar-refractivity contribution is 7.26. The zero-order chi connectivity index (χ0) is 38.4. The van der Waals surface area contributed by atoms with Gasteiger partial charge < -0.3 is 10.0 Å². The Morgan fingerprint density at radius 2 is 1.27 bits per heavy atom. The maximum absolute atomic E-state index is 11.5. The van der Waals surface area contributed by atoms with E-state index >= 15 is 0 Å². The van der Waals surface area contributed by atoms with Crippen molar-refractivity contribution >= 4 is 63.1 Å². The van der Waals surface area contributed by atoms with Gasteiger partial charge in [0.15, 0.2) is 10.0 Å². The van der Waals surface area contributed by atoms with E-state index in [0.29, 0.717) is 0 Å². The van der Waals surface area contributed by atoms with Crippen LogP contribution in [0.2, 0.25) is 0 Å². The molecule has 0 unspecified atom stereocenters. The molecular formula is C46H44N4O2S3. The number of thiazole rings is 2. The minimum Gasteiger partial charge on any atom is -0.477 e. The van der Waals surface area contributed by atoms with Gasteiger partial charge in [-0.05, 0) is 98.3 Å². The van der Waals surface area contributed by atoms with Gasteiger partial charge in [0.1, 0.15) is 16.5 Å². The second kappa shape index (κ2) is 19.8. The lowest BCUT2D eigenvalue weighted by Gasteiger charge is -2.25. The number of para-hydroxylation sites is 2. The number of thiophene rings is 1. The Hall–Kier alpha value is -5.32. The first-order valence-corrected chi connectivity index (χ1v) is 21.4. The fourth-order valence-corrected chi connectivity index (χ4v) is 9.39. The zero-order valence-electron chi connectivity index (χ0n) is 31.3. The van der Waals surface area contributed by atoms with E-state index in [9.17, 15) is 15.2 Å². The monoisotopic (exact) mass is 780 g/mol. The number of nitrogens with zero attached hydrogens (tertiary/aromatic N) is 4. The summed E-state index contributed by atoms with van der Waals surface area (Å²) >= 11 is 4.73. The average Bonchev–Trinajstić information content (AvgIpc) is 3.96. The van der Waals surface area contributed by atoms with Gasteiger partial charge in [0.2, 0.25) is 0 Å². The Kier molecular flexibility index (Phi) is 14.2. The van der Waals surface area contributed by atoms with Crippen molar-refractivity contribution in [2.24, 2.45) is 0 Å². The Balaban J connectivity index is 1.31. The van der Waals surface area contributed by atoms with Crippen LogP contribution in [-0.4, -0.2) is 21.0 Å². The first-order chi connectivity index (χ1) is 27.0. The molecule has 0 radical (unpaired) electrons. The zero-order valence-corrected chi connectivity index (χ0v) is 33.7. The fourth-order valence-electron chi connectivity index (χ4n) is 6.21. The van der Waals surface area contributed by atoms with Crippen LogP contribution in [0.25, 0.3) is 25.8 Å². The Bertz CT molecular complexity index is 2260. The number of nitriles is 1. The van der Waals surface area contributed by atoms with E-state index in [4.69, 9.17) is 9.97 Å². The summed E-state index contributed by atoms with van der Waals surface area (Å²) in [6.45, 7) is 4.44. The molecule has 3 aromatic carbocycles. The maximum atomic E-state index is 11.5. The van der Waals surface area contributed by atoms with E-state index in [1.54, 1.807) is 28.7 Å². The van der Waals surface area contributed by atoms with E-state index in [1.165, 1.54) is 36.7 Å². The third-order valence-corrected chi connectivity index (χ3v) is 12.5. The molecule has 0 aliphatic heterocycles. The van der Waals surface area contributed by atoms with Crippen molar-refractivity contribution in [2.75, 3.05) is 4.90 Å². The number of aliphatic carboxylic acids is 1. The molecule has 0 saturated carbocycles. The number of aromatic nitrogens is 2. The SMILES string of the molecule is CCCCCCc1nc(-c2nc(CCCCCC)c(-c3ccc(/C=C(/C#N)C(=O)O)s3)s2)sc1C#Cc1ccc(N(c2ccccc2)c2ccccc2)cc1. The maximum Gasteiger partial charge on any atom is 0.346 e. The predicted octanol–water partition coefficient (Wildman–Crippen LogP) is 13.1. The molecule has 0 amide bonds. The Morgan fingerprint density at radius 1 is 0.691 bits per heavy atom. The van der Waals surface area contributed by atoms with Crippen LogP contribution in [0.5, 0.6) is 0 Å². The van der Waals surface area contributed by atoms with Gasteiger partial charge in [-0.2, -0.15) is 5.26 Å². The second-order valence-electron chi connectivity index (χ2n) is 13.2. The molecule has 0 atom stereocenters. The number of carboxylic acid groups (broad SMARTS) is 1. The normalized spacial score (nSPS) is 11.2. The van der Waals surface area contributed by atoms with Gasteiger partial charge in [0, 0.05) is 32.4 Å². The molecule has 0 saturated heterocycles. The third kappa shape index (κ3) is 10.5. The standard InChI is InChI=1S/C46H44N4O2S3/c1-3-5-7-15-21-39-41(29-25-33-23-26-37(27-24-33)50(35-17-11-9-12-18-35)36-19-13-10-14-20-36)54-44(48-39)45-49-40(22-16-8-6-4-2)43(55-45)42-30-28-38(53-42)31-34(32-47)46(51)52/h9-14,17-20,23-24,26-28,30-31H,3-8,15-16,21-22H2,1-2H3,(H,51,52)/b34-31-. The number of aryl methyl sites for hydroxylation is 2. The van der Waals surface area contributed by atoms with Gasteiger partial charge in [-0.25, -0.2) is 14.8 Å². The van der Waals surface area contributed by atoms with Crippen LogP contribution in [0.1, 0.15) is 91.9 Å². The van der Waals surface area contributed by atoms with Gasteiger partial charge in [0.05, 0.1) is 16.3 Å². The van der Waals surface area contributed by atoms with Crippen LogP contribution in [0.3, 0.4) is 0 Å². The molecule has 0 fully saturated rings. The quantitative estimate of drug-likeness (QED) is 0.0429. The van der Waals surface area contributed by atoms with Crippen molar-refractivity contribution in [2.45, 2.75) is 78.1 Å². The molecule has 1 N–H and O–H groups in total. The summed E-state index contributed by atoms with van der Waals surface area (Å²) in [5.41, 5.74) is 5.97. The minimum atomic E-state index is -1.22. The van der Waals surface area contributed by atoms with Crippen LogP contribution < -0.4 is 4.90 Å². The highest BCUT2D eigenvalue weighted by atomic mass is 32.1. The van der Waals surface area contributed by atoms with E-state index in [1.807, 2.05) is 24.3 Å². The smallest absolute Gasteiger partial charge is 0.346 e. The molecule has 0 bridgehead atoms. The largest absolute Gasteiger partial charge is 0.477 e. The van der Waals surface area contributed by atoms with Gasteiger partial charge in [-0.15, -0.1) is 34.0 Å². The highest BCUT2D eigenvalue weighted by Gasteiger charge is 2.20. The number of benzene rings is 3. The van der Waals surface area contributed by atoms with E-state index in [0.717, 1.165) is 108 Å². The fraction of sp³-hybridized carbons (Fsp3) is 0.261. The number of unbranched alkanes of at least 4 members (excludes halogenated alkanes) is 6. The highest BCUT2D eigenvalue weighted by Crippen LogP contribution is 2.42. The minimum absolute atomic E-state index is 0.279. The van der Waals surface area contributed by atoms with E-state index < -0.39 is 5.97 Å². The van der Waals surface area contributed by atoms with Crippen molar-refractivity contribution in [3.05, 3.63) is 129 Å². The first-order valence-electron chi connectivity index (χ1n) is 18.9. The van der Waals surface area contributed by atoms with Crippen molar-refractivity contribution in [3.63, 3.8) is 0 Å². The number of anilines is 3. The lowest BCUT2D eigenvalue weighted by atomic mass is 10.1. The summed E-state index contributed by atoms with van der Waals surface area (Å²) < 4.78 is 0. The lowest BCUT2D eigenvalue weighted by molar-refractivity contribution is -0.132. The Labute approximate surface area is 336 Å². The van der Waals surface area contributed by atoms with Gasteiger partial charge in [-0.1, -0.05) is 94.7 Å². The topological polar surface area (TPSA) is 90.1 Å². The molecule has 55 heavy (non-hydrogen) atoms. The molecule has 3 aromatic heterocycles. The summed E-state index contributed by atoms with van der Waals surface area (Å²) in [6, 6.07) is 34.9. The summed E-state index contributed by atoms with van der Waals surface area (Å²) in [5, 5.41) is 20.4. The molecule has 6 nitrogen and oxygen atoms in total. The van der Waals surface area contributed by atoms with Crippen LogP contribution in [-0.2, 0) is 17.6 Å². The van der Waals surface area contributed by atoms with Crippen molar-refractivity contribution in [3.8, 4) is 37.7 Å². The summed E-state index contributed by atoms with van der Waals surface area (Å²) in [5.74, 6) is 5.72. The number of rotatable bonds is 17. The van der Waals surface area contributed by atoms with Crippen LogP contribution in [0.4, 0.5) is 17.1 Å². The van der Waals surface area contributed by atoms with Crippen molar-refractivity contribution < 1.29 is 9.90 Å². The number of carboxylic acids is 1. The van der Waals surface area contributed by atoms with Gasteiger partial charge in [-0.3, -0.25) is 0 Å². The number of carbonyl (C=O) groups is 1. The number of hydrogen-bond donors (Lipinski definition) is 1. The van der Waals surface area contributed by atoms with Crippen LogP contribution in [0, 0.1) is 23.2 Å². The molecule has 9 heteroatoms. The van der Waals surface area contributed by atoms with E-state index in [2.05, 4.69) is 103 Å². The van der Waals surface area contributed by atoms with Gasteiger partial charge in [0.25, 0.3) is 0 Å². The van der Waals surface area contributed by atoms with Crippen molar-refractivity contribution in [1.29, 1.82) is 5.26 Å². The lowest BCUT2D eigenvalue weighted by Crippen LogP contribution is -2.09. The molecule has 0 spiro atoms. The van der Waals surface area contributed by atoms with E-state index in [-0.39, 0.29) is 5.57 Å². The van der Waals surface area contributed by atoms with Crippen LogP contribution in [0.15, 0.2) is 103 Å². The number of hydrogen-bond acceptors (Lipinski definition) is 8. The average molecular weight is 781 g/mol. The molecule has 3 heterocycles. The first kappa shape index (κ1) is 39.4. The molecule has 278 valence electrons. The Morgan fingerprint density at radius 3 is 1.87 bits per heavy atom.